The summed E-state index contributed by atoms with van der Waals surface area (Å²) in [6.07, 6.45) is -0.172. The van der Waals surface area contributed by atoms with Crippen LogP contribution in [0.4, 0.5) is 15.8 Å². The lowest BCUT2D eigenvalue weighted by atomic mass is 9.98. The number of likely N-dealkylation sites (N-methyl/N-ethyl adjacent to an activating group) is 1. The van der Waals surface area contributed by atoms with Crippen LogP contribution < -0.4 is 4.90 Å². The molecule has 0 saturated carbocycles. The average Bonchev–Trinajstić information content (AvgIpc) is 3.17. The zero-order chi connectivity index (χ0) is 27.4. The largest absolute Gasteiger partial charge is 0.494 e. The van der Waals surface area contributed by atoms with Gasteiger partial charge in [0.1, 0.15) is 5.82 Å². The van der Waals surface area contributed by atoms with E-state index in [1.807, 2.05) is 19.0 Å². The van der Waals surface area contributed by atoms with Crippen LogP contribution >= 0.6 is 0 Å². The maximum absolute atomic E-state index is 13.9. The van der Waals surface area contributed by atoms with Gasteiger partial charge in [-0.15, -0.1) is 0 Å². The molecule has 4 rings (SSSR count). The van der Waals surface area contributed by atoms with Gasteiger partial charge in [0.15, 0.2) is 5.88 Å². The molecule has 0 atom stereocenters. The molecule has 38 heavy (non-hydrogen) atoms. The number of carbonyl (C=O) groups is 2. The second kappa shape index (κ2) is 11.3. The third-order valence-electron chi connectivity index (χ3n) is 6.09. The van der Waals surface area contributed by atoms with E-state index in [0.29, 0.717) is 52.1 Å². The Labute approximate surface area is 219 Å². The highest BCUT2D eigenvalue weighted by Crippen LogP contribution is 2.32. The minimum absolute atomic E-state index is 0.0741. The van der Waals surface area contributed by atoms with Gasteiger partial charge in [0.05, 0.1) is 28.9 Å². The number of nitrogens with zero attached hydrogens (tertiary/aromatic N) is 3. The summed E-state index contributed by atoms with van der Waals surface area (Å²) in [5.74, 6) is -1.68. The van der Waals surface area contributed by atoms with Crippen LogP contribution in [0.1, 0.15) is 23.6 Å². The first-order chi connectivity index (χ1) is 18.1. The van der Waals surface area contributed by atoms with Crippen molar-refractivity contribution in [1.82, 2.24) is 9.88 Å². The highest BCUT2D eigenvalue weighted by molar-refractivity contribution is 6.22. The van der Waals surface area contributed by atoms with Crippen LogP contribution in [0.15, 0.2) is 71.7 Å². The molecule has 4 aromatic rings. The molecule has 1 amide bonds. The normalized spacial score (nSPS) is 11.8. The van der Waals surface area contributed by atoms with E-state index in [1.54, 1.807) is 59.5 Å². The van der Waals surface area contributed by atoms with Crippen LogP contribution in [0.2, 0.25) is 0 Å². The minimum atomic E-state index is -0.967. The van der Waals surface area contributed by atoms with E-state index in [4.69, 9.17) is 4.99 Å². The highest BCUT2D eigenvalue weighted by Gasteiger charge is 2.20. The fourth-order valence-corrected chi connectivity index (χ4v) is 4.27. The number of fused-ring (bicyclic) bond motifs is 1. The quantitative estimate of drug-likeness (QED) is 0.279. The molecule has 0 saturated heterocycles. The van der Waals surface area contributed by atoms with Gasteiger partial charge < -0.3 is 25.0 Å². The summed E-state index contributed by atoms with van der Waals surface area (Å²) >= 11 is 0. The number of amides is 1. The van der Waals surface area contributed by atoms with Gasteiger partial charge >= 0.3 is 5.97 Å². The van der Waals surface area contributed by atoms with Gasteiger partial charge in [-0.1, -0.05) is 18.2 Å². The van der Waals surface area contributed by atoms with Gasteiger partial charge in [0.25, 0.3) is 0 Å². The van der Waals surface area contributed by atoms with Crippen molar-refractivity contribution < 1.29 is 24.2 Å². The van der Waals surface area contributed by atoms with E-state index in [1.165, 1.54) is 19.1 Å². The summed E-state index contributed by atoms with van der Waals surface area (Å²) in [5.41, 5.74) is 3.60. The third-order valence-corrected chi connectivity index (χ3v) is 6.09. The summed E-state index contributed by atoms with van der Waals surface area (Å²) < 4.78 is 13.9. The number of hydrogen-bond acceptors (Lipinski definition) is 5. The number of H-pyrrole nitrogens is 1. The zero-order valence-corrected chi connectivity index (χ0v) is 21.4. The number of rotatable bonds is 9. The van der Waals surface area contributed by atoms with Crippen molar-refractivity contribution in [3.05, 3.63) is 89.2 Å². The number of carboxylic acids is 1. The molecule has 0 aliphatic heterocycles. The Balaban J connectivity index is 1.82. The fraction of sp³-hybridized carbons (Fsp3) is 0.207. The molecular formula is C29H29FN4O4. The van der Waals surface area contributed by atoms with Crippen molar-refractivity contribution in [3.63, 3.8) is 0 Å². The second-order valence-corrected chi connectivity index (χ2v) is 9.26. The van der Waals surface area contributed by atoms with E-state index in [2.05, 4.69) is 4.98 Å². The van der Waals surface area contributed by atoms with Gasteiger partial charge in [-0.3, -0.25) is 9.59 Å². The molecule has 1 aromatic heterocycles. The zero-order valence-electron chi connectivity index (χ0n) is 21.4. The van der Waals surface area contributed by atoms with Gasteiger partial charge in [-0.25, -0.2) is 9.38 Å². The first kappa shape index (κ1) is 26.6. The molecule has 8 nitrogen and oxygen atoms in total. The van der Waals surface area contributed by atoms with Crippen molar-refractivity contribution in [2.45, 2.75) is 13.3 Å². The van der Waals surface area contributed by atoms with E-state index in [9.17, 15) is 24.2 Å². The Bertz CT molecular complexity index is 1510. The number of aromatic amines is 1. The molecule has 3 aromatic carbocycles. The van der Waals surface area contributed by atoms with Crippen molar-refractivity contribution >= 4 is 39.9 Å². The van der Waals surface area contributed by atoms with E-state index in [0.717, 1.165) is 5.69 Å². The number of nitrogens with one attached hydrogen (secondary N) is 1. The number of aliphatic carboxylic acids is 1. The summed E-state index contributed by atoms with van der Waals surface area (Å²) in [4.78, 5) is 34.9. The summed E-state index contributed by atoms with van der Waals surface area (Å²) in [5, 5.41) is 20.7. The van der Waals surface area contributed by atoms with Crippen molar-refractivity contribution in [1.29, 1.82) is 0 Å². The number of aromatic hydroxyl groups is 1. The predicted octanol–water partition coefficient (Wildman–Crippen LogP) is 4.72. The molecule has 196 valence electrons. The molecule has 0 aliphatic carbocycles. The molecule has 0 fully saturated rings. The predicted molar refractivity (Wildman–Crippen MR) is 146 cm³/mol. The van der Waals surface area contributed by atoms with Crippen LogP contribution in [-0.2, 0) is 16.0 Å². The van der Waals surface area contributed by atoms with E-state index in [-0.39, 0.29) is 18.2 Å². The standard InChI is InChI=1S/C29H29FN4O4/c1-18(35)34(14-13-33(2)3)23-10-8-22(9-11-23)31-28(20-6-4-5-19(15-20)16-26(36)37)27-24-12-7-21(30)17-25(24)32-29(27)38/h4-12,15,17,32,38H,13-14,16H2,1-3H3,(H,36,37). The van der Waals surface area contributed by atoms with E-state index >= 15 is 0 Å². The number of halogens is 1. The Morgan fingerprint density at radius 2 is 1.74 bits per heavy atom. The number of aliphatic imine (C=N–C) groups is 1. The van der Waals surface area contributed by atoms with Crippen molar-refractivity contribution in [2.24, 2.45) is 4.99 Å². The summed E-state index contributed by atoms with van der Waals surface area (Å²) in [6, 6.07) is 18.2. The van der Waals surface area contributed by atoms with Gasteiger partial charge in [0.2, 0.25) is 5.91 Å². The highest BCUT2D eigenvalue weighted by atomic mass is 19.1. The Kier molecular flexibility index (Phi) is 7.87. The lowest BCUT2D eigenvalue weighted by Crippen LogP contribution is -2.35. The number of benzene rings is 3. The van der Waals surface area contributed by atoms with Gasteiger partial charge in [-0.05, 0) is 68.2 Å². The first-order valence-electron chi connectivity index (χ1n) is 12.1. The number of anilines is 1. The number of aromatic nitrogens is 1. The Morgan fingerprint density at radius 1 is 1.00 bits per heavy atom. The number of hydrogen-bond donors (Lipinski definition) is 3. The molecule has 1 heterocycles. The molecule has 0 radical (unpaired) electrons. The number of carbonyl (C=O) groups excluding carboxylic acids is 1. The molecule has 0 aliphatic rings. The molecule has 3 N–H and O–H groups in total. The second-order valence-electron chi connectivity index (χ2n) is 9.26. The summed E-state index contributed by atoms with van der Waals surface area (Å²) in [7, 11) is 3.88. The molecule has 0 unspecified atom stereocenters. The smallest absolute Gasteiger partial charge is 0.307 e. The van der Waals surface area contributed by atoms with Crippen LogP contribution in [0.3, 0.4) is 0 Å². The maximum atomic E-state index is 13.9. The van der Waals surface area contributed by atoms with Gasteiger partial charge in [-0.2, -0.15) is 0 Å². The average molecular weight is 517 g/mol. The lowest BCUT2D eigenvalue weighted by molar-refractivity contribution is -0.136. The Hall–Kier alpha value is -4.50. The topological polar surface area (TPSA) is 109 Å². The number of carboxylic acid groups (broad SMARTS) is 1. The SMILES string of the molecule is CC(=O)N(CCN(C)C)c1ccc(N=C(c2cccc(CC(=O)O)c2)c2c(O)[nH]c3cc(F)ccc23)cc1. The van der Waals surface area contributed by atoms with Crippen molar-refractivity contribution in [3.8, 4) is 5.88 Å². The van der Waals surface area contributed by atoms with Crippen molar-refractivity contribution in [2.75, 3.05) is 32.1 Å². The van der Waals surface area contributed by atoms with Crippen LogP contribution in [0, 0.1) is 5.82 Å². The van der Waals surface area contributed by atoms with Crippen LogP contribution in [-0.4, -0.2) is 64.9 Å². The van der Waals surface area contributed by atoms with E-state index < -0.39 is 11.8 Å². The Morgan fingerprint density at radius 3 is 2.39 bits per heavy atom. The molecule has 0 spiro atoms. The first-order valence-corrected chi connectivity index (χ1v) is 12.1. The van der Waals surface area contributed by atoms with Crippen LogP contribution in [0.25, 0.3) is 10.9 Å². The summed E-state index contributed by atoms with van der Waals surface area (Å²) in [6.45, 7) is 2.76. The molecular weight excluding hydrogens is 487 g/mol. The monoisotopic (exact) mass is 516 g/mol. The fourth-order valence-electron chi connectivity index (χ4n) is 4.27. The maximum Gasteiger partial charge on any atom is 0.307 e. The van der Waals surface area contributed by atoms with Gasteiger partial charge in [0, 0.05) is 36.7 Å². The third kappa shape index (κ3) is 6.07. The molecule has 0 bridgehead atoms. The lowest BCUT2D eigenvalue weighted by Gasteiger charge is -2.23. The van der Waals surface area contributed by atoms with Crippen LogP contribution in [0.5, 0.6) is 5.88 Å². The molecule has 9 heteroatoms. The minimum Gasteiger partial charge on any atom is -0.494 e.